The lowest BCUT2D eigenvalue weighted by molar-refractivity contribution is -0.141. The molecule has 0 unspecified atom stereocenters. The molecule has 0 saturated carbocycles. The van der Waals surface area contributed by atoms with Gasteiger partial charge in [-0.3, -0.25) is 14.9 Å². The molecule has 1 amide bonds. The Morgan fingerprint density at radius 2 is 2.08 bits per heavy atom. The third-order valence-corrected chi connectivity index (χ3v) is 3.59. The zero-order valence-electron chi connectivity index (χ0n) is 13.5. The van der Waals surface area contributed by atoms with Crippen LogP contribution < -0.4 is 10.1 Å². The number of nitrogens with one attached hydrogen (secondary N) is 2. The summed E-state index contributed by atoms with van der Waals surface area (Å²) in [5.41, 5.74) is -0.183. The molecule has 0 bridgehead atoms. The average molecular weight is 362 g/mol. The van der Waals surface area contributed by atoms with E-state index in [-0.39, 0.29) is 17.1 Å². The summed E-state index contributed by atoms with van der Waals surface area (Å²) < 4.78 is 47.4. The Bertz CT molecular complexity index is 929. The van der Waals surface area contributed by atoms with Crippen molar-refractivity contribution in [1.82, 2.24) is 15.2 Å². The third kappa shape index (κ3) is 3.23. The Morgan fingerprint density at radius 3 is 2.77 bits per heavy atom. The highest BCUT2D eigenvalue weighted by Gasteiger charge is 2.44. The van der Waals surface area contributed by atoms with Crippen LogP contribution in [0.15, 0.2) is 48.8 Å². The fourth-order valence-corrected chi connectivity index (χ4v) is 2.34. The molecule has 3 aromatic rings. The van der Waals surface area contributed by atoms with E-state index >= 15 is 0 Å². The number of hydrogen-bond acceptors (Lipinski definition) is 4. The number of benzene rings is 1. The maximum atomic E-state index is 14.6. The second-order valence-electron chi connectivity index (χ2n) is 5.25. The summed E-state index contributed by atoms with van der Waals surface area (Å²) in [6, 6.07) is 7.56. The van der Waals surface area contributed by atoms with Gasteiger partial charge in [0.15, 0.2) is 0 Å². The molecule has 0 fully saturated rings. The summed E-state index contributed by atoms with van der Waals surface area (Å²) in [5.74, 6) is -6.90. The molecule has 0 aliphatic carbocycles. The Hall–Kier alpha value is -3.36. The highest BCUT2D eigenvalue weighted by atomic mass is 19.3. The van der Waals surface area contributed by atoms with Crippen molar-refractivity contribution in [2.24, 2.45) is 0 Å². The van der Waals surface area contributed by atoms with Crippen molar-refractivity contribution in [3.63, 3.8) is 0 Å². The molecule has 9 heteroatoms. The number of aromatic amines is 1. The lowest BCUT2D eigenvalue weighted by Gasteiger charge is -2.18. The summed E-state index contributed by atoms with van der Waals surface area (Å²) in [5, 5.41) is 8.44. The molecular weight excluding hydrogens is 349 g/mol. The van der Waals surface area contributed by atoms with Gasteiger partial charge in [0.05, 0.1) is 30.3 Å². The fraction of sp³-hybridized carbons (Fsp3) is 0.118. The first-order chi connectivity index (χ1) is 12.4. The molecule has 2 aromatic heterocycles. The van der Waals surface area contributed by atoms with Crippen LogP contribution in [0.5, 0.6) is 5.75 Å². The van der Waals surface area contributed by atoms with Crippen LogP contribution in [-0.2, 0) is 10.7 Å². The van der Waals surface area contributed by atoms with Crippen LogP contribution in [0.3, 0.4) is 0 Å². The predicted octanol–water partition coefficient (Wildman–Crippen LogP) is 3.35. The molecule has 3 rings (SSSR count). The number of alkyl halides is 2. The number of pyridine rings is 1. The smallest absolute Gasteiger partial charge is 0.353 e. The van der Waals surface area contributed by atoms with Crippen molar-refractivity contribution < 1.29 is 22.7 Å². The number of aromatic nitrogens is 3. The molecule has 134 valence electrons. The van der Waals surface area contributed by atoms with E-state index in [2.05, 4.69) is 20.5 Å². The second-order valence-corrected chi connectivity index (χ2v) is 5.25. The van der Waals surface area contributed by atoms with Crippen molar-refractivity contribution in [2.45, 2.75) is 5.92 Å². The van der Waals surface area contributed by atoms with Gasteiger partial charge in [-0.05, 0) is 30.3 Å². The summed E-state index contributed by atoms with van der Waals surface area (Å²) in [6.07, 6.45) is 2.69. The van der Waals surface area contributed by atoms with Gasteiger partial charge in [-0.25, -0.2) is 4.39 Å². The van der Waals surface area contributed by atoms with E-state index in [0.29, 0.717) is 11.8 Å². The van der Waals surface area contributed by atoms with Gasteiger partial charge in [-0.1, -0.05) is 6.07 Å². The van der Waals surface area contributed by atoms with Gasteiger partial charge in [-0.15, -0.1) is 0 Å². The number of nitrogens with zero attached hydrogens (tertiary/aromatic N) is 2. The Morgan fingerprint density at radius 1 is 1.27 bits per heavy atom. The Balaban J connectivity index is 1.92. The minimum Gasteiger partial charge on any atom is -0.496 e. The van der Waals surface area contributed by atoms with E-state index in [1.807, 2.05) is 0 Å². The summed E-state index contributed by atoms with van der Waals surface area (Å²) in [7, 11) is 1.15. The number of carbonyl (C=O) groups excluding carboxylic acids is 1. The quantitative estimate of drug-likeness (QED) is 0.729. The average Bonchev–Trinajstić information content (AvgIpc) is 3.10. The monoisotopic (exact) mass is 362 g/mol. The molecule has 26 heavy (non-hydrogen) atoms. The van der Waals surface area contributed by atoms with Crippen LogP contribution in [0.4, 0.5) is 18.9 Å². The highest BCUT2D eigenvalue weighted by Crippen LogP contribution is 2.37. The van der Waals surface area contributed by atoms with Crippen LogP contribution in [0.2, 0.25) is 0 Å². The number of H-pyrrole nitrogens is 1. The van der Waals surface area contributed by atoms with Gasteiger partial charge in [0.1, 0.15) is 17.3 Å². The van der Waals surface area contributed by atoms with Gasteiger partial charge in [0.2, 0.25) is 0 Å². The Labute approximate surface area is 146 Å². The lowest BCUT2D eigenvalue weighted by Crippen LogP contribution is -2.32. The van der Waals surface area contributed by atoms with Crippen LogP contribution >= 0.6 is 0 Å². The number of amides is 1. The summed E-state index contributed by atoms with van der Waals surface area (Å²) >= 11 is 0. The molecule has 0 radical (unpaired) electrons. The molecule has 1 aromatic carbocycles. The molecule has 0 atom stereocenters. The largest absolute Gasteiger partial charge is 0.496 e. The third-order valence-electron chi connectivity index (χ3n) is 3.59. The minimum atomic E-state index is -4.04. The minimum absolute atomic E-state index is 0.0174. The van der Waals surface area contributed by atoms with E-state index in [1.54, 1.807) is 18.2 Å². The van der Waals surface area contributed by atoms with Gasteiger partial charge < -0.3 is 10.1 Å². The zero-order chi connectivity index (χ0) is 18.7. The molecule has 0 saturated heterocycles. The molecule has 6 nitrogen and oxygen atoms in total. The standard InChI is InChI=1S/C17H13F3N4O2/c1-26-14-6-5-10(18)8-11(14)17(19,20)16(25)23-13-9-22-24-15(13)12-4-2-3-7-21-12/h2-9H,1H3,(H,22,24)(H,23,25). The van der Waals surface area contributed by atoms with Gasteiger partial charge >= 0.3 is 5.92 Å². The van der Waals surface area contributed by atoms with E-state index in [4.69, 9.17) is 4.74 Å². The topological polar surface area (TPSA) is 79.9 Å². The number of halogens is 3. The lowest BCUT2D eigenvalue weighted by atomic mass is 10.1. The van der Waals surface area contributed by atoms with E-state index in [1.165, 1.54) is 12.4 Å². The first kappa shape index (κ1) is 17.5. The fourth-order valence-electron chi connectivity index (χ4n) is 2.34. The van der Waals surface area contributed by atoms with E-state index in [9.17, 15) is 18.0 Å². The number of hydrogen-bond donors (Lipinski definition) is 2. The number of anilines is 1. The van der Waals surface area contributed by atoms with E-state index in [0.717, 1.165) is 19.2 Å². The number of carbonyl (C=O) groups is 1. The van der Waals surface area contributed by atoms with Crippen molar-refractivity contribution >= 4 is 11.6 Å². The first-order valence-corrected chi connectivity index (χ1v) is 7.41. The summed E-state index contributed by atoms with van der Waals surface area (Å²) in [6.45, 7) is 0. The molecule has 0 aliphatic heterocycles. The van der Waals surface area contributed by atoms with Crippen LogP contribution in [0.25, 0.3) is 11.4 Å². The van der Waals surface area contributed by atoms with Crippen LogP contribution in [-0.4, -0.2) is 28.2 Å². The molecular formula is C17H13F3N4O2. The number of rotatable bonds is 5. The predicted molar refractivity (Wildman–Crippen MR) is 87.3 cm³/mol. The zero-order valence-corrected chi connectivity index (χ0v) is 13.5. The number of methoxy groups -OCH3 is 1. The maximum Gasteiger partial charge on any atom is 0.353 e. The van der Waals surface area contributed by atoms with Crippen molar-refractivity contribution in [3.05, 3.63) is 60.2 Å². The van der Waals surface area contributed by atoms with Gasteiger partial charge in [-0.2, -0.15) is 13.9 Å². The molecule has 2 heterocycles. The maximum absolute atomic E-state index is 14.6. The van der Waals surface area contributed by atoms with Crippen LogP contribution in [0.1, 0.15) is 5.56 Å². The normalized spacial score (nSPS) is 11.2. The van der Waals surface area contributed by atoms with E-state index < -0.39 is 23.2 Å². The van der Waals surface area contributed by atoms with Crippen molar-refractivity contribution in [3.8, 4) is 17.1 Å². The van der Waals surface area contributed by atoms with Crippen molar-refractivity contribution in [1.29, 1.82) is 0 Å². The van der Waals surface area contributed by atoms with Crippen LogP contribution in [0, 0.1) is 5.82 Å². The highest BCUT2D eigenvalue weighted by molar-refractivity contribution is 5.99. The van der Waals surface area contributed by atoms with Crippen molar-refractivity contribution in [2.75, 3.05) is 12.4 Å². The first-order valence-electron chi connectivity index (χ1n) is 7.41. The second kappa shape index (κ2) is 6.87. The van der Waals surface area contributed by atoms with Gasteiger partial charge in [0, 0.05) is 6.20 Å². The number of ether oxygens (including phenoxy) is 1. The molecule has 0 spiro atoms. The molecule has 2 N–H and O–H groups in total. The molecule has 0 aliphatic rings. The Kier molecular flexibility index (Phi) is 4.61. The summed E-state index contributed by atoms with van der Waals surface area (Å²) in [4.78, 5) is 16.3. The SMILES string of the molecule is COc1ccc(F)cc1C(F)(F)C(=O)Nc1cn[nH]c1-c1ccccn1. The van der Waals surface area contributed by atoms with Gasteiger partial charge in [0.25, 0.3) is 5.91 Å².